The molecule has 0 saturated heterocycles. The van der Waals surface area contributed by atoms with E-state index < -0.39 is 0 Å². The summed E-state index contributed by atoms with van der Waals surface area (Å²) in [5, 5.41) is 9.32. The Bertz CT molecular complexity index is 802. The first kappa shape index (κ1) is 21.7. The lowest BCUT2D eigenvalue weighted by Gasteiger charge is -2.33. The molecule has 0 saturated carbocycles. The van der Waals surface area contributed by atoms with E-state index >= 15 is 0 Å². The van der Waals surface area contributed by atoms with Crippen molar-refractivity contribution in [2.75, 3.05) is 0 Å². The summed E-state index contributed by atoms with van der Waals surface area (Å²) in [6, 6.07) is 18.6. The molecule has 0 unspecified atom stereocenters. The molecule has 3 rings (SSSR count). The Balaban J connectivity index is 2.53. The van der Waals surface area contributed by atoms with Gasteiger partial charge in [-0.15, -0.1) is 0 Å². The van der Waals surface area contributed by atoms with Crippen LogP contribution in [0.4, 0.5) is 0 Å². The van der Waals surface area contributed by atoms with Crippen LogP contribution in [-0.4, -0.2) is 22.6 Å². The third kappa shape index (κ3) is 3.88. The lowest BCUT2D eigenvalue weighted by atomic mass is 10.0. The second kappa shape index (κ2) is 8.81. The van der Waals surface area contributed by atoms with Gasteiger partial charge in [0.1, 0.15) is 0 Å². The van der Waals surface area contributed by atoms with E-state index in [-0.39, 0.29) is 15.8 Å². The van der Waals surface area contributed by atoms with E-state index in [0.29, 0.717) is 22.6 Å². The average Bonchev–Trinajstić information content (AvgIpc) is 2.62. The van der Waals surface area contributed by atoms with Crippen LogP contribution in [0.2, 0.25) is 0 Å². The molecule has 3 aromatic carbocycles. The van der Waals surface area contributed by atoms with Gasteiger partial charge in [0.05, 0.1) is 0 Å². The fraction of sp³-hybridized carbons (Fsp3) is 0.462. The van der Waals surface area contributed by atoms with Crippen molar-refractivity contribution in [1.82, 2.24) is 0 Å². The molecule has 0 radical (unpaired) electrons. The number of hydrogen-bond donors (Lipinski definition) is 0. The van der Waals surface area contributed by atoms with E-state index in [2.05, 4.69) is 104 Å². The summed E-state index contributed by atoms with van der Waals surface area (Å²) in [6.07, 6.45) is 0. The zero-order chi connectivity index (χ0) is 20.6. The van der Waals surface area contributed by atoms with Crippen LogP contribution in [0.25, 0.3) is 21.5 Å². The van der Waals surface area contributed by atoms with Crippen LogP contribution >= 0.6 is 15.8 Å². The van der Waals surface area contributed by atoms with E-state index in [1.54, 1.807) is 10.6 Å². The molecule has 150 valence electrons. The highest BCUT2D eigenvalue weighted by Gasteiger charge is 2.28. The molecule has 0 aliphatic heterocycles. The first-order chi connectivity index (χ1) is 13.3. The van der Waals surface area contributed by atoms with Crippen molar-refractivity contribution in [3.05, 3.63) is 48.5 Å². The minimum Gasteiger partial charge on any atom is -0.0687 e. The molecule has 0 bridgehead atoms. The van der Waals surface area contributed by atoms with Crippen LogP contribution in [0, 0.1) is 0 Å². The van der Waals surface area contributed by atoms with Gasteiger partial charge in [-0.1, -0.05) is 120 Å². The van der Waals surface area contributed by atoms with Crippen molar-refractivity contribution in [3.63, 3.8) is 0 Å². The maximum atomic E-state index is 2.41. The number of fused-ring (bicyclic) bond motifs is 2. The predicted octanol–water partition coefficient (Wildman–Crippen LogP) is 7.84. The Labute approximate surface area is 174 Å². The first-order valence-electron chi connectivity index (χ1n) is 10.8. The summed E-state index contributed by atoms with van der Waals surface area (Å²) < 4.78 is 0. The molecule has 0 aromatic heterocycles. The highest BCUT2D eigenvalue weighted by atomic mass is 31.1. The lowest BCUT2D eigenvalue weighted by molar-refractivity contribution is 1.02. The quantitative estimate of drug-likeness (QED) is 0.287. The van der Waals surface area contributed by atoms with E-state index in [1.165, 1.54) is 21.5 Å². The normalized spacial score (nSPS) is 12.8. The smallest absolute Gasteiger partial charge is 0.00786 e. The van der Waals surface area contributed by atoms with Gasteiger partial charge >= 0.3 is 0 Å². The summed E-state index contributed by atoms with van der Waals surface area (Å²) in [5.74, 6) is 0. The van der Waals surface area contributed by atoms with Crippen LogP contribution < -0.4 is 10.6 Å². The molecule has 0 spiro atoms. The van der Waals surface area contributed by atoms with Gasteiger partial charge < -0.3 is 0 Å². The molecule has 28 heavy (non-hydrogen) atoms. The molecule has 0 nitrogen and oxygen atoms in total. The molecule has 0 amide bonds. The SMILES string of the molecule is CC(C)P(c1c2ccccc2c(P(C(C)C)C(C)C)c2ccccc12)C(C)C. The summed E-state index contributed by atoms with van der Waals surface area (Å²) in [4.78, 5) is 0. The van der Waals surface area contributed by atoms with Crippen LogP contribution in [-0.2, 0) is 0 Å². The highest BCUT2D eigenvalue weighted by molar-refractivity contribution is 7.69. The summed E-state index contributed by atoms with van der Waals surface area (Å²) in [7, 11) is -0.457. The molecule has 0 heterocycles. The van der Waals surface area contributed by atoms with E-state index in [9.17, 15) is 0 Å². The van der Waals surface area contributed by atoms with Gasteiger partial charge in [-0.2, -0.15) is 0 Å². The molecule has 3 aromatic rings. The highest BCUT2D eigenvalue weighted by Crippen LogP contribution is 2.52. The molecule has 0 aliphatic carbocycles. The monoisotopic (exact) mass is 410 g/mol. The third-order valence-corrected chi connectivity index (χ3v) is 12.1. The van der Waals surface area contributed by atoms with Crippen LogP contribution in [0.3, 0.4) is 0 Å². The van der Waals surface area contributed by atoms with Crippen molar-refractivity contribution < 1.29 is 0 Å². The fourth-order valence-electron chi connectivity index (χ4n) is 4.86. The van der Waals surface area contributed by atoms with Crippen LogP contribution in [0.5, 0.6) is 0 Å². The van der Waals surface area contributed by atoms with Crippen LogP contribution in [0.15, 0.2) is 48.5 Å². The van der Waals surface area contributed by atoms with Crippen molar-refractivity contribution in [3.8, 4) is 0 Å². The standard InChI is InChI=1S/C26H36P2/c1-17(2)27(18(3)4)25-21-13-9-11-15-23(21)26(28(19(5)6)20(7)8)24-16-12-10-14-22(24)25/h9-20H,1-8H3. The Kier molecular flexibility index (Phi) is 6.84. The van der Waals surface area contributed by atoms with Crippen molar-refractivity contribution in [2.24, 2.45) is 0 Å². The first-order valence-corrected chi connectivity index (χ1v) is 13.7. The van der Waals surface area contributed by atoms with Gasteiger partial charge in [0.2, 0.25) is 0 Å². The van der Waals surface area contributed by atoms with Crippen molar-refractivity contribution in [2.45, 2.75) is 78.0 Å². The van der Waals surface area contributed by atoms with Gasteiger partial charge in [-0.25, -0.2) is 0 Å². The minimum atomic E-state index is -0.228. The maximum Gasteiger partial charge on any atom is -0.00786 e. The average molecular weight is 411 g/mol. The van der Waals surface area contributed by atoms with Crippen molar-refractivity contribution in [1.29, 1.82) is 0 Å². The number of hydrogen-bond acceptors (Lipinski definition) is 0. The number of benzene rings is 3. The Morgan fingerprint density at radius 3 is 0.821 bits per heavy atom. The van der Waals surface area contributed by atoms with E-state index in [4.69, 9.17) is 0 Å². The van der Waals surface area contributed by atoms with Gasteiger partial charge in [-0.3, -0.25) is 0 Å². The van der Waals surface area contributed by atoms with E-state index in [1.807, 2.05) is 0 Å². The maximum absolute atomic E-state index is 2.41. The summed E-state index contributed by atoms with van der Waals surface area (Å²) >= 11 is 0. The predicted molar refractivity (Wildman–Crippen MR) is 135 cm³/mol. The van der Waals surface area contributed by atoms with E-state index in [0.717, 1.165) is 0 Å². The zero-order valence-corrected chi connectivity index (χ0v) is 20.6. The minimum absolute atomic E-state index is 0.228. The Morgan fingerprint density at radius 2 is 0.643 bits per heavy atom. The van der Waals surface area contributed by atoms with Gasteiger partial charge in [-0.05, 0) is 54.8 Å². The molecule has 0 N–H and O–H groups in total. The Hall–Kier alpha value is -0.960. The second-order valence-electron chi connectivity index (χ2n) is 8.98. The molecular weight excluding hydrogens is 374 g/mol. The van der Waals surface area contributed by atoms with Gasteiger partial charge in [0.15, 0.2) is 0 Å². The third-order valence-electron chi connectivity index (χ3n) is 5.62. The summed E-state index contributed by atoms with van der Waals surface area (Å²) in [6.45, 7) is 19.3. The van der Waals surface area contributed by atoms with Gasteiger partial charge in [0, 0.05) is 0 Å². The molecule has 2 heteroatoms. The summed E-state index contributed by atoms with van der Waals surface area (Å²) in [5.41, 5.74) is 2.74. The van der Waals surface area contributed by atoms with Crippen molar-refractivity contribution >= 4 is 48.0 Å². The largest absolute Gasteiger partial charge is 0.0687 e. The molecular formula is C26H36P2. The number of rotatable bonds is 6. The fourth-order valence-corrected chi connectivity index (χ4v) is 11.2. The topological polar surface area (TPSA) is 0 Å². The Morgan fingerprint density at radius 1 is 0.429 bits per heavy atom. The molecule has 0 atom stereocenters. The van der Waals surface area contributed by atoms with Gasteiger partial charge in [0.25, 0.3) is 0 Å². The second-order valence-corrected chi connectivity index (χ2v) is 15.6. The molecule has 0 fully saturated rings. The van der Waals surface area contributed by atoms with Crippen LogP contribution in [0.1, 0.15) is 55.4 Å². The molecule has 0 aliphatic rings. The zero-order valence-electron chi connectivity index (χ0n) is 18.8. The lowest BCUT2D eigenvalue weighted by Crippen LogP contribution is -2.23.